The minimum atomic E-state index is 0.339. The van der Waals surface area contributed by atoms with Crippen molar-refractivity contribution in [3.63, 3.8) is 0 Å². The van der Waals surface area contributed by atoms with E-state index in [4.69, 9.17) is 23.2 Å². The number of alkyl halides is 2. The molecule has 0 aromatic heterocycles. The molecule has 15 heavy (non-hydrogen) atoms. The lowest BCUT2D eigenvalue weighted by Crippen LogP contribution is -2.16. The molecule has 4 unspecified atom stereocenters. The van der Waals surface area contributed by atoms with E-state index in [1.165, 1.54) is 12.8 Å². The number of thioether (sulfide) groups is 1. The number of fused-ring (bicyclic) bond motifs is 2. The molecular formula is C12H18Cl2S. The zero-order valence-electron chi connectivity index (χ0n) is 8.87. The van der Waals surface area contributed by atoms with Crippen molar-refractivity contribution in [1.82, 2.24) is 0 Å². The molecule has 1 fully saturated rings. The standard InChI is InChI=1S/C12H18Cl2S/c13-9-5-3-1-2-4-6-10(14)12-8-7-11(9)15-12/h1-2,9-12H,3-8H2/b2-1-. The molecule has 0 amide bonds. The summed E-state index contributed by atoms with van der Waals surface area (Å²) < 4.78 is 0. The normalized spacial score (nSPS) is 44.7. The van der Waals surface area contributed by atoms with Gasteiger partial charge in [-0.25, -0.2) is 0 Å². The number of allylic oxidation sites excluding steroid dienone is 2. The summed E-state index contributed by atoms with van der Waals surface area (Å²) in [5.74, 6) is 0. The van der Waals surface area contributed by atoms with Crippen LogP contribution in [0.1, 0.15) is 38.5 Å². The maximum atomic E-state index is 6.42. The Labute approximate surface area is 107 Å². The van der Waals surface area contributed by atoms with Gasteiger partial charge in [-0.1, -0.05) is 12.2 Å². The molecule has 0 spiro atoms. The van der Waals surface area contributed by atoms with Crippen LogP contribution in [0.3, 0.4) is 0 Å². The fraction of sp³-hybridized carbons (Fsp3) is 0.833. The summed E-state index contributed by atoms with van der Waals surface area (Å²) in [6, 6.07) is 0. The van der Waals surface area contributed by atoms with Crippen LogP contribution in [0, 0.1) is 0 Å². The molecule has 0 aliphatic carbocycles. The number of halogens is 2. The van der Waals surface area contributed by atoms with Gasteiger partial charge in [-0.15, -0.1) is 23.2 Å². The molecule has 2 aliphatic heterocycles. The first-order chi connectivity index (χ1) is 7.27. The second-order valence-corrected chi connectivity index (χ2v) is 7.05. The lowest BCUT2D eigenvalue weighted by atomic mass is 10.0. The van der Waals surface area contributed by atoms with Gasteiger partial charge >= 0.3 is 0 Å². The van der Waals surface area contributed by atoms with Gasteiger partial charge in [0.1, 0.15) is 0 Å². The molecule has 0 aromatic carbocycles. The first-order valence-corrected chi connectivity index (χ1v) is 7.67. The van der Waals surface area contributed by atoms with Gasteiger partial charge in [0.25, 0.3) is 0 Å². The minimum absolute atomic E-state index is 0.339. The predicted molar refractivity (Wildman–Crippen MR) is 71.3 cm³/mol. The third-order valence-electron chi connectivity index (χ3n) is 3.28. The maximum absolute atomic E-state index is 6.42. The molecule has 0 N–H and O–H groups in total. The molecule has 0 nitrogen and oxygen atoms in total. The predicted octanol–water partition coefficient (Wildman–Crippen LogP) is 4.60. The lowest BCUT2D eigenvalue weighted by Gasteiger charge is -2.18. The molecule has 0 radical (unpaired) electrons. The Hall–Kier alpha value is 0.670. The summed E-state index contributed by atoms with van der Waals surface area (Å²) in [5.41, 5.74) is 0. The van der Waals surface area contributed by atoms with Crippen LogP contribution in [0.25, 0.3) is 0 Å². The monoisotopic (exact) mass is 264 g/mol. The van der Waals surface area contributed by atoms with Crippen molar-refractivity contribution in [2.45, 2.75) is 59.8 Å². The topological polar surface area (TPSA) is 0 Å². The third-order valence-corrected chi connectivity index (χ3v) is 6.45. The fourth-order valence-corrected chi connectivity index (χ4v) is 4.81. The highest BCUT2D eigenvalue weighted by Gasteiger charge is 2.33. The fourth-order valence-electron chi connectivity index (χ4n) is 2.34. The van der Waals surface area contributed by atoms with Crippen molar-refractivity contribution in [2.24, 2.45) is 0 Å². The van der Waals surface area contributed by atoms with E-state index >= 15 is 0 Å². The van der Waals surface area contributed by atoms with Crippen LogP contribution >= 0.6 is 35.0 Å². The first-order valence-electron chi connectivity index (χ1n) is 5.86. The molecule has 2 aliphatic rings. The zero-order chi connectivity index (χ0) is 10.7. The van der Waals surface area contributed by atoms with E-state index in [0.29, 0.717) is 21.3 Å². The van der Waals surface area contributed by atoms with Crippen LogP contribution in [0.15, 0.2) is 12.2 Å². The minimum Gasteiger partial charge on any atom is -0.152 e. The van der Waals surface area contributed by atoms with E-state index in [1.54, 1.807) is 0 Å². The summed E-state index contributed by atoms with van der Waals surface area (Å²) in [5, 5.41) is 1.96. The van der Waals surface area contributed by atoms with Crippen molar-refractivity contribution in [3.05, 3.63) is 12.2 Å². The molecule has 1 saturated heterocycles. The summed E-state index contributed by atoms with van der Waals surface area (Å²) in [6.45, 7) is 0. The van der Waals surface area contributed by atoms with E-state index in [2.05, 4.69) is 12.2 Å². The summed E-state index contributed by atoms with van der Waals surface area (Å²) in [6.07, 6.45) is 11.6. The van der Waals surface area contributed by atoms with Crippen LogP contribution in [-0.4, -0.2) is 21.3 Å². The van der Waals surface area contributed by atoms with Crippen molar-refractivity contribution in [3.8, 4) is 0 Å². The van der Waals surface area contributed by atoms with Crippen LogP contribution < -0.4 is 0 Å². The third kappa shape index (κ3) is 3.31. The van der Waals surface area contributed by atoms with E-state index < -0.39 is 0 Å². The second kappa shape index (κ2) is 5.84. The Morgan fingerprint density at radius 1 is 0.800 bits per heavy atom. The molecule has 0 aromatic rings. The van der Waals surface area contributed by atoms with Crippen LogP contribution in [0.4, 0.5) is 0 Å². The van der Waals surface area contributed by atoms with Crippen LogP contribution in [-0.2, 0) is 0 Å². The lowest BCUT2D eigenvalue weighted by molar-refractivity contribution is 0.632. The quantitative estimate of drug-likeness (QED) is 0.456. The maximum Gasteiger partial charge on any atom is 0.0457 e. The average Bonchev–Trinajstić information content (AvgIpc) is 2.69. The highest BCUT2D eigenvalue weighted by Crippen LogP contribution is 2.42. The number of hydrogen-bond acceptors (Lipinski definition) is 1. The molecular weight excluding hydrogens is 247 g/mol. The SMILES string of the molecule is ClC1CC/C=C\CCC(Cl)C2CCC1S2. The van der Waals surface area contributed by atoms with Gasteiger partial charge in [-0.3, -0.25) is 0 Å². The zero-order valence-corrected chi connectivity index (χ0v) is 11.2. The largest absolute Gasteiger partial charge is 0.152 e. The summed E-state index contributed by atoms with van der Waals surface area (Å²) >= 11 is 14.9. The van der Waals surface area contributed by atoms with Gasteiger partial charge < -0.3 is 0 Å². The van der Waals surface area contributed by atoms with Crippen LogP contribution in [0.5, 0.6) is 0 Å². The van der Waals surface area contributed by atoms with Gasteiger partial charge in [0.05, 0.1) is 0 Å². The van der Waals surface area contributed by atoms with E-state index in [-0.39, 0.29) is 0 Å². The Bertz CT molecular complexity index is 208. The van der Waals surface area contributed by atoms with Gasteiger partial charge in [0.15, 0.2) is 0 Å². The Morgan fingerprint density at radius 2 is 1.27 bits per heavy atom. The van der Waals surface area contributed by atoms with E-state index in [9.17, 15) is 0 Å². The van der Waals surface area contributed by atoms with Crippen molar-refractivity contribution < 1.29 is 0 Å². The summed E-state index contributed by atoms with van der Waals surface area (Å²) in [7, 11) is 0. The van der Waals surface area contributed by atoms with E-state index in [0.717, 1.165) is 25.7 Å². The Morgan fingerprint density at radius 3 is 1.73 bits per heavy atom. The molecule has 3 heteroatoms. The molecule has 2 heterocycles. The number of rotatable bonds is 0. The molecule has 86 valence electrons. The van der Waals surface area contributed by atoms with Crippen molar-refractivity contribution >= 4 is 35.0 Å². The Balaban J connectivity index is 1.99. The highest BCUT2D eigenvalue weighted by atomic mass is 35.5. The van der Waals surface area contributed by atoms with Crippen molar-refractivity contribution in [2.75, 3.05) is 0 Å². The average molecular weight is 265 g/mol. The smallest absolute Gasteiger partial charge is 0.0457 e. The van der Waals surface area contributed by atoms with Crippen molar-refractivity contribution in [1.29, 1.82) is 0 Å². The molecule has 2 rings (SSSR count). The number of hydrogen-bond donors (Lipinski definition) is 0. The van der Waals surface area contributed by atoms with Gasteiger partial charge in [-0.05, 0) is 38.5 Å². The Kier molecular flexibility index (Phi) is 4.72. The second-order valence-electron chi connectivity index (χ2n) is 4.45. The molecule has 0 saturated carbocycles. The highest BCUT2D eigenvalue weighted by molar-refractivity contribution is 8.01. The molecule has 4 atom stereocenters. The first kappa shape index (κ1) is 12.1. The van der Waals surface area contributed by atoms with Gasteiger partial charge in [0, 0.05) is 21.3 Å². The van der Waals surface area contributed by atoms with Gasteiger partial charge in [-0.2, -0.15) is 11.8 Å². The van der Waals surface area contributed by atoms with Gasteiger partial charge in [0.2, 0.25) is 0 Å². The van der Waals surface area contributed by atoms with E-state index in [1.807, 2.05) is 11.8 Å². The molecule has 2 bridgehead atoms. The summed E-state index contributed by atoms with van der Waals surface area (Å²) in [4.78, 5) is 0. The van der Waals surface area contributed by atoms with Crippen LogP contribution in [0.2, 0.25) is 0 Å².